The lowest BCUT2D eigenvalue weighted by molar-refractivity contribution is 0.116. The molecular weight excluding hydrogens is 206 g/mol. The average molecular weight is 225 g/mol. The largest absolute Gasteiger partial charge is 0.381 e. The Hall–Kier alpha value is -0.940. The third-order valence-corrected chi connectivity index (χ3v) is 3.01. The van der Waals surface area contributed by atoms with Gasteiger partial charge in [0.2, 0.25) is 5.89 Å². The number of rotatable bonds is 5. The Morgan fingerprint density at radius 2 is 2.50 bits per heavy atom. The standard InChI is InChI=1S/C11H19N3O2/c1-8(15-2)5-10-13-11(16-14-10)6-9-3-4-12-7-9/h8-9,12H,3-7H2,1-2H3. The van der Waals surface area contributed by atoms with Crippen molar-refractivity contribution in [2.24, 2.45) is 5.92 Å². The summed E-state index contributed by atoms with van der Waals surface area (Å²) in [6.45, 7) is 4.16. The molecule has 1 aromatic heterocycles. The lowest BCUT2D eigenvalue weighted by atomic mass is 10.1. The minimum Gasteiger partial charge on any atom is -0.381 e. The summed E-state index contributed by atoms with van der Waals surface area (Å²) in [6, 6.07) is 0. The summed E-state index contributed by atoms with van der Waals surface area (Å²) in [5.41, 5.74) is 0. The molecule has 0 spiro atoms. The van der Waals surface area contributed by atoms with Gasteiger partial charge in [0.25, 0.3) is 0 Å². The van der Waals surface area contributed by atoms with Crippen molar-refractivity contribution in [3.63, 3.8) is 0 Å². The summed E-state index contributed by atoms with van der Waals surface area (Å²) in [7, 11) is 1.69. The van der Waals surface area contributed by atoms with Crippen LogP contribution in [-0.4, -0.2) is 36.4 Å². The maximum Gasteiger partial charge on any atom is 0.226 e. The molecule has 5 heteroatoms. The normalized spacial score (nSPS) is 22.5. The number of nitrogens with zero attached hydrogens (tertiary/aromatic N) is 2. The number of hydrogen-bond acceptors (Lipinski definition) is 5. The van der Waals surface area contributed by atoms with Crippen molar-refractivity contribution in [3.8, 4) is 0 Å². The Labute approximate surface area is 95.6 Å². The molecular formula is C11H19N3O2. The summed E-state index contributed by atoms with van der Waals surface area (Å²) in [4.78, 5) is 4.38. The van der Waals surface area contributed by atoms with Gasteiger partial charge in [-0.05, 0) is 32.4 Å². The monoisotopic (exact) mass is 225 g/mol. The molecule has 2 atom stereocenters. The number of aromatic nitrogens is 2. The third-order valence-electron chi connectivity index (χ3n) is 3.01. The van der Waals surface area contributed by atoms with Crippen molar-refractivity contribution in [2.75, 3.05) is 20.2 Å². The quantitative estimate of drug-likeness (QED) is 0.803. The van der Waals surface area contributed by atoms with E-state index >= 15 is 0 Å². The highest BCUT2D eigenvalue weighted by Gasteiger charge is 2.18. The summed E-state index contributed by atoms with van der Waals surface area (Å²) in [5, 5.41) is 7.29. The molecule has 0 radical (unpaired) electrons. The first-order valence-electron chi connectivity index (χ1n) is 5.83. The van der Waals surface area contributed by atoms with E-state index in [0.29, 0.717) is 12.3 Å². The molecule has 1 saturated heterocycles. The molecule has 1 aliphatic rings. The van der Waals surface area contributed by atoms with E-state index in [4.69, 9.17) is 9.26 Å². The molecule has 0 saturated carbocycles. The lowest BCUT2D eigenvalue weighted by Crippen LogP contribution is -2.11. The SMILES string of the molecule is COC(C)Cc1noc(CC2CCNC2)n1. The van der Waals surface area contributed by atoms with Crippen molar-refractivity contribution in [3.05, 3.63) is 11.7 Å². The predicted octanol–water partition coefficient (Wildman–Crippen LogP) is 0.799. The summed E-state index contributed by atoms with van der Waals surface area (Å²) < 4.78 is 10.4. The second-order valence-electron chi connectivity index (χ2n) is 4.42. The molecule has 2 heterocycles. The Bertz CT molecular complexity index is 321. The van der Waals surface area contributed by atoms with E-state index in [1.807, 2.05) is 6.92 Å². The topological polar surface area (TPSA) is 60.2 Å². The van der Waals surface area contributed by atoms with Gasteiger partial charge in [-0.15, -0.1) is 0 Å². The van der Waals surface area contributed by atoms with Crippen molar-refractivity contribution < 1.29 is 9.26 Å². The van der Waals surface area contributed by atoms with Crippen LogP contribution in [0.15, 0.2) is 4.52 Å². The van der Waals surface area contributed by atoms with Gasteiger partial charge in [0.15, 0.2) is 5.82 Å². The van der Waals surface area contributed by atoms with Crippen LogP contribution in [0.25, 0.3) is 0 Å². The second kappa shape index (κ2) is 5.41. The molecule has 1 aliphatic heterocycles. The van der Waals surface area contributed by atoms with Crippen LogP contribution >= 0.6 is 0 Å². The fourth-order valence-corrected chi connectivity index (χ4v) is 1.93. The Balaban J connectivity index is 1.86. The number of ether oxygens (including phenoxy) is 1. The second-order valence-corrected chi connectivity index (χ2v) is 4.42. The number of nitrogens with one attached hydrogen (secondary N) is 1. The first kappa shape index (κ1) is 11.5. The molecule has 1 fully saturated rings. The fourth-order valence-electron chi connectivity index (χ4n) is 1.93. The van der Waals surface area contributed by atoms with E-state index < -0.39 is 0 Å². The maximum absolute atomic E-state index is 5.23. The van der Waals surface area contributed by atoms with Crippen LogP contribution < -0.4 is 5.32 Å². The maximum atomic E-state index is 5.23. The van der Waals surface area contributed by atoms with Gasteiger partial charge in [0.05, 0.1) is 6.10 Å². The Morgan fingerprint density at radius 3 is 3.19 bits per heavy atom. The molecule has 1 N–H and O–H groups in total. The number of hydrogen-bond donors (Lipinski definition) is 1. The van der Waals surface area contributed by atoms with Crippen LogP contribution in [-0.2, 0) is 17.6 Å². The summed E-state index contributed by atoms with van der Waals surface area (Å²) in [6.07, 6.45) is 2.94. The van der Waals surface area contributed by atoms with Crippen LogP contribution in [0.2, 0.25) is 0 Å². The van der Waals surface area contributed by atoms with Gasteiger partial charge in [-0.3, -0.25) is 0 Å². The lowest BCUT2D eigenvalue weighted by Gasteiger charge is -2.04. The van der Waals surface area contributed by atoms with E-state index in [-0.39, 0.29) is 6.10 Å². The van der Waals surface area contributed by atoms with Gasteiger partial charge < -0.3 is 14.6 Å². The molecule has 90 valence electrons. The zero-order chi connectivity index (χ0) is 11.4. The van der Waals surface area contributed by atoms with Gasteiger partial charge in [0, 0.05) is 20.0 Å². The van der Waals surface area contributed by atoms with Crippen LogP contribution in [0.3, 0.4) is 0 Å². The zero-order valence-corrected chi connectivity index (χ0v) is 9.90. The Kier molecular flexibility index (Phi) is 3.90. The van der Waals surface area contributed by atoms with E-state index in [0.717, 1.165) is 31.2 Å². The van der Waals surface area contributed by atoms with Crippen LogP contribution in [0.4, 0.5) is 0 Å². The van der Waals surface area contributed by atoms with Gasteiger partial charge in [0.1, 0.15) is 0 Å². The van der Waals surface area contributed by atoms with Gasteiger partial charge in [-0.2, -0.15) is 4.98 Å². The Morgan fingerprint density at radius 1 is 1.62 bits per heavy atom. The van der Waals surface area contributed by atoms with Crippen LogP contribution in [0.5, 0.6) is 0 Å². The first-order valence-corrected chi connectivity index (χ1v) is 5.83. The molecule has 0 amide bonds. The number of methoxy groups -OCH3 is 1. The van der Waals surface area contributed by atoms with E-state index in [9.17, 15) is 0 Å². The first-order chi connectivity index (χ1) is 7.78. The van der Waals surface area contributed by atoms with Crippen molar-refractivity contribution in [1.82, 2.24) is 15.5 Å². The van der Waals surface area contributed by atoms with Crippen LogP contribution in [0, 0.1) is 5.92 Å². The molecule has 0 aromatic carbocycles. The zero-order valence-electron chi connectivity index (χ0n) is 9.90. The summed E-state index contributed by atoms with van der Waals surface area (Å²) in [5.74, 6) is 2.15. The summed E-state index contributed by atoms with van der Waals surface area (Å²) >= 11 is 0. The minimum atomic E-state index is 0.138. The average Bonchev–Trinajstić information content (AvgIpc) is 2.91. The van der Waals surface area contributed by atoms with Gasteiger partial charge in [-0.25, -0.2) is 0 Å². The molecule has 16 heavy (non-hydrogen) atoms. The van der Waals surface area contributed by atoms with Crippen molar-refractivity contribution in [1.29, 1.82) is 0 Å². The molecule has 5 nitrogen and oxygen atoms in total. The molecule has 0 bridgehead atoms. The van der Waals surface area contributed by atoms with Crippen LogP contribution in [0.1, 0.15) is 25.1 Å². The molecule has 2 rings (SSSR count). The molecule has 0 aliphatic carbocycles. The molecule has 2 unspecified atom stereocenters. The minimum absolute atomic E-state index is 0.138. The predicted molar refractivity (Wildman–Crippen MR) is 59.2 cm³/mol. The van der Waals surface area contributed by atoms with Crippen molar-refractivity contribution >= 4 is 0 Å². The molecule has 1 aromatic rings. The highest BCUT2D eigenvalue weighted by molar-refractivity contribution is 4.91. The van der Waals surface area contributed by atoms with E-state index in [1.54, 1.807) is 7.11 Å². The third kappa shape index (κ3) is 3.02. The van der Waals surface area contributed by atoms with Gasteiger partial charge >= 0.3 is 0 Å². The van der Waals surface area contributed by atoms with Gasteiger partial charge in [-0.1, -0.05) is 5.16 Å². The highest BCUT2D eigenvalue weighted by Crippen LogP contribution is 2.14. The fraction of sp³-hybridized carbons (Fsp3) is 0.818. The highest BCUT2D eigenvalue weighted by atomic mass is 16.5. The van der Waals surface area contributed by atoms with E-state index in [1.165, 1.54) is 6.42 Å². The smallest absolute Gasteiger partial charge is 0.226 e. The van der Waals surface area contributed by atoms with E-state index in [2.05, 4.69) is 15.5 Å². The van der Waals surface area contributed by atoms with Crippen molar-refractivity contribution in [2.45, 2.75) is 32.3 Å².